The highest BCUT2D eigenvalue weighted by molar-refractivity contribution is 9.10. The molecule has 2 heterocycles. The lowest BCUT2D eigenvalue weighted by molar-refractivity contribution is -0.138. The van der Waals surface area contributed by atoms with Crippen LogP contribution < -0.4 is 21.3 Å². The number of pyridine rings is 1. The van der Waals surface area contributed by atoms with Crippen molar-refractivity contribution in [2.24, 2.45) is 0 Å². The van der Waals surface area contributed by atoms with Crippen LogP contribution in [0.2, 0.25) is 0 Å². The quantitative estimate of drug-likeness (QED) is 0.376. The third-order valence-corrected chi connectivity index (χ3v) is 5.49. The summed E-state index contributed by atoms with van der Waals surface area (Å²) in [6.07, 6.45) is -5.06. The fourth-order valence-electron chi connectivity index (χ4n) is 3.25. The lowest BCUT2D eigenvalue weighted by Gasteiger charge is -2.18. The average Bonchev–Trinajstić information content (AvgIpc) is 3.01. The van der Waals surface area contributed by atoms with Crippen LogP contribution in [-0.2, 0) is 6.18 Å². The Balaban J connectivity index is 1.94. The van der Waals surface area contributed by atoms with Crippen LogP contribution >= 0.6 is 15.9 Å². The molecule has 0 atom stereocenters. The molecule has 4 rings (SSSR count). The van der Waals surface area contributed by atoms with Gasteiger partial charge >= 0.3 is 6.18 Å². The predicted octanol–water partition coefficient (Wildman–Crippen LogP) is 4.29. The number of ether oxygens (including phenoxy) is 1. The van der Waals surface area contributed by atoms with Gasteiger partial charge in [0.2, 0.25) is 0 Å². The zero-order valence-corrected chi connectivity index (χ0v) is 17.8. The zero-order valence-electron chi connectivity index (χ0n) is 16.2. The Morgan fingerprint density at radius 3 is 2.12 bits per heavy atom. The van der Waals surface area contributed by atoms with Crippen LogP contribution in [0.25, 0.3) is 5.69 Å². The number of benzene rings is 2. The van der Waals surface area contributed by atoms with E-state index in [1.807, 2.05) is 5.32 Å². The Hall–Kier alpha value is -3.81. The summed E-state index contributed by atoms with van der Waals surface area (Å²) in [5, 5.41) is 1.93. The number of aromatic nitrogens is 1. The van der Waals surface area contributed by atoms with Gasteiger partial charge in [0, 0.05) is 6.07 Å². The van der Waals surface area contributed by atoms with Crippen LogP contribution in [-0.4, -0.2) is 16.4 Å². The first-order chi connectivity index (χ1) is 15.8. The molecular formula is C20H8BrF6N3O4. The third kappa shape index (κ3) is 3.69. The zero-order chi connectivity index (χ0) is 25.1. The van der Waals surface area contributed by atoms with Gasteiger partial charge in [-0.3, -0.25) is 24.3 Å². The molecule has 0 saturated heterocycles. The molecule has 0 spiro atoms. The Kier molecular flexibility index (Phi) is 5.43. The largest absolute Gasteiger partial charge is 0.448 e. The van der Waals surface area contributed by atoms with Gasteiger partial charge in [0.15, 0.2) is 23.1 Å². The number of carbonyl (C=O) groups excluding carboxylic acids is 2. The molecule has 14 heteroatoms. The maximum atomic E-state index is 14.4. The van der Waals surface area contributed by atoms with Crippen molar-refractivity contribution in [3.8, 4) is 17.2 Å². The minimum Gasteiger partial charge on any atom is -0.448 e. The number of anilines is 1. The summed E-state index contributed by atoms with van der Waals surface area (Å²) < 4.78 is 86.6. The van der Waals surface area contributed by atoms with E-state index in [4.69, 9.17) is 10.5 Å². The van der Waals surface area contributed by atoms with Crippen molar-refractivity contribution in [2.75, 3.05) is 5.73 Å². The normalized spacial score (nSPS) is 13.1. The molecule has 7 nitrogen and oxygen atoms in total. The SMILES string of the molecule is Nc1c2c(cc(=O)n1-c1ccc(F)c(Br)c1Oc1c(F)cc(C(F)(F)F)cc1F)C(=O)NC2=O. The number of fused-ring (bicyclic) bond motifs is 1. The maximum Gasteiger partial charge on any atom is 0.416 e. The summed E-state index contributed by atoms with van der Waals surface area (Å²) in [5.41, 5.74) is 2.12. The van der Waals surface area contributed by atoms with E-state index in [0.29, 0.717) is 4.57 Å². The fourth-order valence-corrected chi connectivity index (χ4v) is 3.66. The van der Waals surface area contributed by atoms with Crippen molar-refractivity contribution in [2.45, 2.75) is 6.18 Å². The molecule has 0 unspecified atom stereocenters. The van der Waals surface area contributed by atoms with Crippen LogP contribution in [0.5, 0.6) is 11.5 Å². The van der Waals surface area contributed by atoms with Gasteiger partial charge in [-0.15, -0.1) is 0 Å². The summed E-state index contributed by atoms with van der Waals surface area (Å²) in [7, 11) is 0. The highest BCUT2D eigenvalue weighted by Crippen LogP contribution is 2.41. The monoisotopic (exact) mass is 547 g/mol. The number of hydrogen-bond acceptors (Lipinski definition) is 5. The van der Waals surface area contributed by atoms with E-state index in [9.17, 15) is 40.7 Å². The molecule has 1 aliphatic rings. The standard InChI is InChI=1S/C20H8BrF6N3O4/c21-14-8(22)1-2-11(30-12(31)5-7-13(17(30)28)19(33)29-18(7)32)16(14)34-15-9(23)3-6(4-10(15)24)20(25,26)27/h1-5H,28H2,(H,29,32,33). The number of hydrogen-bond donors (Lipinski definition) is 2. The summed E-state index contributed by atoms with van der Waals surface area (Å²) in [6.45, 7) is 0. The number of carbonyl (C=O) groups is 2. The smallest absolute Gasteiger partial charge is 0.416 e. The third-order valence-electron chi connectivity index (χ3n) is 4.75. The van der Waals surface area contributed by atoms with Crippen molar-refractivity contribution in [3.63, 3.8) is 0 Å². The molecule has 2 amide bonds. The first-order valence-electron chi connectivity index (χ1n) is 8.95. The summed E-state index contributed by atoms with van der Waals surface area (Å²) in [5.74, 6) is -9.06. The highest BCUT2D eigenvalue weighted by atomic mass is 79.9. The number of halogens is 7. The van der Waals surface area contributed by atoms with Gasteiger partial charge in [-0.05, 0) is 40.2 Å². The van der Waals surface area contributed by atoms with Gasteiger partial charge in [-0.2, -0.15) is 13.2 Å². The molecule has 3 N–H and O–H groups in total. The molecule has 1 aliphatic heterocycles. The fraction of sp³-hybridized carbons (Fsp3) is 0.0500. The van der Waals surface area contributed by atoms with Crippen LogP contribution in [0, 0.1) is 17.5 Å². The van der Waals surface area contributed by atoms with Crippen LogP contribution in [0.15, 0.2) is 39.6 Å². The Morgan fingerprint density at radius 1 is 0.912 bits per heavy atom. The predicted molar refractivity (Wildman–Crippen MR) is 107 cm³/mol. The molecule has 34 heavy (non-hydrogen) atoms. The van der Waals surface area contributed by atoms with E-state index in [2.05, 4.69) is 15.9 Å². The Morgan fingerprint density at radius 2 is 1.53 bits per heavy atom. The van der Waals surface area contributed by atoms with Crippen molar-refractivity contribution in [1.82, 2.24) is 9.88 Å². The van der Waals surface area contributed by atoms with Crippen molar-refractivity contribution in [1.29, 1.82) is 0 Å². The second-order valence-electron chi connectivity index (χ2n) is 6.85. The molecule has 0 aliphatic carbocycles. The molecule has 0 fully saturated rings. The number of alkyl halides is 3. The van der Waals surface area contributed by atoms with Crippen LogP contribution in [0.4, 0.5) is 32.2 Å². The summed E-state index contributed by atoms with van der Waals surface area (Å²) in [6, 6.07) is 2.42. The number of nitrogens with one attached hydrogen (secondary N) is 1. The van der Waals surface area contributed by atoms with Crippen molar-refractivity contribution in [3.05, 3.63) is 79.3 Å². The van der Waals surface area contributed by atoms with E-state index in [1.54, 1.807) is 0 Å². The van der Waals surface area contributed by atoms with Gasteiger partial charge in [0.05, 0.1) is 26.9 Å². The topological polar surface area (TPSA) is 103 Å². The molecule has 176 valence electrons. The molecule has 1 aromatic heterocycles. The van der Waals surface area contributed by atoms with E-state index in [0.717, 1.165) is 18.2 Å². The molecule has 0 saturated carbocycles. The van der Waals surface area contributed by atoms with Crippen LogP contribution in [0.3, 0.4) is 0 Å². The molecule has 2 aromatic carbocycles. The van der Waals surface area contributed by atoms with E-state index in [-0.39, 0.29) is 23.3 Å². The first kappa shape index (κ1) is 23.4. The molecule has 3 aromatic rings. The van der Waals surface area contributed by atoms with Gasteiger partial charge in [-0.1, -0.05) is 0 Å². The summed E-state index contributed by atoms with van der Waals surface area (Å²) in [4.78, 5) is 36.6. The highest BCUT2D eigenvalue weighted by Gasteiger charge is 2.35. The maximum absolute atomic E-state index is 14.4. The lowest BCUT2D eigenvalue weighted by atomic mass is 10.1. The number of nitrogen functional groups attached to an aromatic ring is 1. The average molecular weight is 548 g/mol. The Labute approximate surface area is 192 Å². The van der Waals surface area contributed by atoms with Gasteiger partial charge in [-0.25, -0.2) is 13.2 Å². The Bertz CT molecular complexity index is 1450. The van der Waals surface area contributed by atoms with Crippen LogP contribution in [0.1, 0.15) is 26.3 Å². The first-order valence-corrected chi connectivity index (χ1v) is 9.74. The minimum absolute atomic E-state index is 0.0306. The van der Waals surface area contributed by atoms with E-state index in [1.165, 1.54) is 0 Å². The molecule has 0 bridgehead atoms. The van der Waals surface area contributed by atoms with Gasteiger partial charge in [0.25, 0.3) is 17.4 Å². The van der Waals surface area contributed by atoms with E-state index < -0.39 is 74.0 Å². The van der Waals surface area contributed by atoms with E-state index >= 15 is 0 Å². The second kappa shape index (κ2) is 7.90. The number of nitrogens with zero attached hydrogens (tertiary/aromatic N) is 1. The lowest BCUT2D eigenvalue weighted by Crippen LogP contribution is -2.24. The minimum atomic E-state index is -5.06. The number of nitrogens with two attached hydrogens (primary N) is 1. The van der Waals surface area contributed by atoms with Gasteiger partial charge in [0.1, 0.15) is 11.6 Å². The molecular weight excluding hydrogens is 540 g/mol. The number of rotatable bonds is 3. The summed E-state index contributed by atoms with van der Waals surface area (Å²) >= 11 is 2.80. The number of amides is 2. The second-order valence-corrected chi connectivity index (χ2v) is 7.65. The number of imide groups is 1. The van der Waals surface area contributed by atoms with Crippen molar-refractivity contribution < 1.29 is 40.7 Å². The molecule has 0 radical (unpaired) electrons. The van der Waals surface area contributed by atoms with Gasteiger partial charge < -0.3 is 10.5 Å². The van der Waals surface area contributed by atoms with Crippen molar-refractivity contribution >= 4 is 33.6 Å².